The summed E-state index contributed by atoms with van der Waals surface area (Å²) in [5.41, 5.74) is 15.4. The monoisotopic (exact) mass is 436 g/mol. The quantitative estimate of drug-likeness (QED) is 0.290. The molecule has 0 bridgehead atoms. The Labute approximate surface area is 199 Å². The van der Waals surface area contributed by atoms with Crippen molar-refractivity contribution in [2.24, 2.45) is 0 Å². The van der Waals surface area contributed by atoms with E-state index in [0.29, 0.717) is 0 Å². The zero-order valence-electron chi connectivity index (χ0n) is 18.8. The second kappa shape index (κ2) is 7.64. The van der Waals surface area contributed by atoms with Gasteiger partial charge in [-0.05, 0) is 93.7 Å². The highest BCUT2D eigenvalue weighted by Gasteiger charge is 2.19. The number of anilines is 4. The molecule has 0 unspecified atom stereocenters. The maximum Gasteiger partial charge on any atom is 0.0623 e. The second-order valence-electron chi connectivity index (χ2n) is 9.21. The van der Waals surface area contributed by atoms with Gasteiger partial charge in [0.05, 0.1) is 11.4 Å². The number of hydrogen-bond acceptors (Lipinski definition) is 2. The summed E-state index contributed by atoms with van der Waals surface area (Å²) in [4.78, 5) is 0. The molecule has 5 aromatic rings. The molecule has 2 aliphatic carbocycles. The molecule has 5 aromatic carbocycles. The zero-order valence-corrected chi connectivity index (χ0v) is 18.8. The third-order valence-corrected chi connectivity index (χ3v) is 7.07. The van der Waals surface area contributed by atoms with Crippen LogP contribution in [0.1, 0.15) is 22.3 Å². The zero-order chi connectivity index (χ0) is 22.5. The lowest BCUT2D eigenvalue weighted by molar-refractivity contribution is 1.26. The Morgan fingerprint density at radius 3 is 1.29 bits per heavy atom. The van der Waals surface area contributed by atoms with Crippen LogP contribution in [0.3, 0.4) is 0 Å². The molecule has 0 saturated heterocycles. The Morgan fingerprint density at radius 1 is 0.382 bits per heavy atom. The third-order valence-electron chi connectivity index (χ3n) is 7.07. The van der Waals surface area contributed by atoms with Crippen LogP contribution in [0.25, 0.3) is 22.3 Å². The minimum atomic E-state index is 0.998. The van der Waals surface area contributed by atoms with E-state index in [9.17, 15) is 0 Å². The van der Waals surface area contributed by atoms with Crippen molar-refractivity contribution in [3.05, 3.63) is 131 Å². The van der Waals surface area contributed by atoms with E-state index < -0.39 is 0 Å². The molecule has 2 heteroatoms. The molecule has 0 saturated carbocycles. The van der Waals surface area contributed by atoms with Crippen molar-refractivity contribution >= 4 is 22.7 Å². The van der Waals surface area contributed by atoms with Crippen LogP contribution in [0.2, 0.25) is 0 Å². The molecule has 7 rings (SSSR count). The van der Waals surface area contributed by atoms with Crippen molar-refractivity contribution in [1.82, 2.24) is 0 Å². The number of benzene rings is 5. The molecule has 2 N–H and O–H groups in total. The summed E-state index contributed by atoms with van der Waals surface area (Å²) in [7, 11) is 0. The summed E-state index contributed by atoms with van der Waals surface area (Å²) in [6.45, 7) is 0. The van der Waals surface area contributed by atoms with Gasteiger partial charge in [-0.2, -0.15) is 0 Å². The summed E-state index contributed by atoms with van der Waals surface area (Å²) < 4.78 is 0. The van der Waals surface area contributed by atoms with Crippen molar-refractivity contribution in [3.8, 4) is 22.3 Å². The molecule has 0 atom stereocenters. The first-order chi connectivity index (χ1) is 16.8. The average molecular weight is 437 g/mol. The fourth-order valence-electron chi connectivity index (χ4n) is 5.46. The van der Waals surface area contributed by atoms with Crippen LogP contribution < -0.4 is 10.6 Å². The van der Waals surface area contributed by atoms with Crippen LogP contribution in [0.4, 0.5) is 22.7 Å². The minimum Gasteiger partial charge on any atom is -0.354 e. The fourth-order valence-corrected chi connectivity index (χ4v) is 5.46. The predicted octanol–water partition coefficient (Wildman–Crippen LogP) is 8.32. The lowest BCUT2D eigenvalue weighted by atomic mass is 10.1. The van der Waals surface area contributed by atoms with Gasteiger partial charge < -0.3 is 10.6 Å². The predicted molar refractivity (Wildman–Crippen MR) is 142 cm³/mol. The van der Waals surface area contributed by atoms with E-state index in [4.69, 9.17) is 0 Å². The van der Waals surface area contributed by atoms with Gasteiger partial charge in [-0.1, -0.05) is 72.8 Å². The summed E-state index contributed by atoms with van der Waals surface area (Å²) >= 11 is 0. The standard InChI is InChI=1S/C32H24N2/c1-3-9-27-21(7-1)17-23-19-25(13-15-29(23)27)33-31-11-5-6-12-32(31)34-26-14-16-30-24(20-26)18-22-8-2-4-10-28(22)30/h1-16,19-20,33-34H,17-18H2. The Hall–Kier alpha value is -4.30. The van der Waals surface area contributed by atoms with Crippen LogP contribution in [-0.4, -0.2) is 0 Å². The van der Waals surface area contributed by atoms with Gasteiger partial charge in [-0.3, -0.25) is 0 Å². The molecule has 0 spiro atoms. The number of nitrogens with one attached hydrogen (secondary N) is 2. The topological polar surface area (TPSA) is 24.1 Å². The molecule has 0 radical (unpaired) electrons. The van der Waals surface area contributed by atoms with E-state index in [0.717, 1.165) is 35.6 Å². The molecule has 0 heterocycles. The van der Waals surface area contributed by atoms with Gasteiger partial charge in [-0.15, -0.1) is 0 Å². The SMILES string of the molecule is c1ccc2c(c1)Cc1cc(Nc3ccccc3Nc3ccc4c(c3)Cc3ccccc3-4)ccc1-2. The van der Waals surface area contributed by atoms with Crippen LogP contribution >= 0.6 is 0 Å². The lowest BCUT2D eigenvalue weighted by Gasteiger charge is -2.15. The number of para-hydroxylation sites is 2. The Morgan fingerprint density at radius 2 is 0.794 bits per heavy atom. The van der Waals surface area contributed by atoms with Crippen LogP contribution in [0, 0.1) is 0 Å². The fraction of sp³-hybridized carbons (Fsp3) is 0.0625. The lowest BCUT2D eigenvalue weighted by Crippen LogP contribution is -1.98. The molecule has 0 amide bonds. The van der Waals surface area contributed by atoms with E-state index in [1.165, 1.54) is 44.5 Å². The van der Waals surface area contributed by atoms with Crippen molar-refractivity contribution < 1.29 is 0 Å². The molecular weight excluding hydrogens is 412 g/mol. The smallest absolute Gasteiger partial charge is 0.0623 e. The van der Waals surface area contributed by atoms with Gasteiger partial charge in [0.2, 0.25) is 0 Å². The summed E-state index contributed by atoms with van der Waals surface area (Å²) in [6, 6.07) is 39.3. The first-order valence-electron chi connectivity index (χ1n) is 11.9. The molecule has 162 valence electrons. The van der Waals surface area contributed by atoms with Gasteiger partial charge in [0.25, 0.3) is 0 Å². The van der Waals surface area contributed by atoms with Crippen LogP contribution in [0.15, 0.2) is 109 Å². The van der Waals surface area contributed by atoms with E-state index in [1.807, 2.05) is 0 Å². The number of hydrogen-bond donors (Lipinski definition) is 2. The largest absolute Gasteiger partial charge is 0.354 e. The van der Waals surface area contributed by atoms with Crippen molar-refractivity contribution in [2.45, 2.75) is 12.8 Å². The Balaban J connectivity index is 1.15. The number of rotatable bonds is 4. The summed E-state index contributed by atoms with van der Waals surface area (Å²) in [5, 5.41) is 7.31. The van der Waals surface area contributed by atoms with Crippen LogP contribution in [0.5, 0.6) is 0 Å². The molecule has 0 aromatic heterocycles. The van der Waals surface area contributed by atoms with E-state index >= 15 is 0 Å². The van der Waals surface area contributed by atoms with Gasteiger partial charge >= 0.3 is 0 Å². The van der Waals surface area contributed by atoms with E-state index in [2.05, 4.69) is 120 Å². The first-order valence-corrected chi connectivity index (χ1v) is 11.9. The Kier molecular flexibility index (Phi) is 4.31. The van der Waals surface area contributed by atoms with Gasteiger partial charge in [-0.25, -0.2) is 0 Å². The Bertz CT molecular complexity index is 1450. The highest BCUT2D eigenvalue weighted by molar-refractivity contribution is 5.84. The van der Waals surface area contributed by atoms with Gasteiger partial charge in [0.15, 0.2) is 0 Å². The number of fused-ring (bicyclic) bond motifs is 6. The molecule has 2 aliphatic rings. The molecule has 2 nitrogen and oxygen atoms in total. The highest BCUT2D eigenvalue weighted by atomic mass is 15.0. The molecular formula is C32H24N2. The maximum absolute atomic E-state index is 3.65. The highest BCUT2D eigenvalue weighted by Crippen LogP contribution is 2.40. The third kappa shape index (κ3) is 3.19. The van der Waals surface area contributed by atoms with E-state index in [-0.39, 0.29) is 0 Å². The van der Waals surface area contributed by atoms with Crippen molar-refractivity contribution in [2.75, 3.05) is 10.6 Å². The van der Waals surface area contributed by atoms with Crippen molar-refractivity contribution in [3.63, 3.8) is 0 Å². The maximum atomic E-state index is 3.65. The minimum absolute atomic E-state index is 0.998. The first kappa shape index (κ1) is 19.2. The van der Waals surface area contributed by atoms with E-state index in [1.54, 1.807) is 0 Å². The average Bonchev–Trinajstić information content (AvgIpc) is 3.42. The second-order valence-corrected chi connectivity index (χ2v) is 9.21. The summed E-state index contributed by atoms with van der Waals surface area (Å²) in [6.07, 6.45) is 2.00. The summed E-state index contributed by atoms with van der Waals surface area (Å²) in [5.74, 6) is 0. The van der Waals surface area contributed by atoms with Crippen LogP contribution in [-0.2, 0) is 12.8 Å². The van der Waals surface area contributed by atoms with Crippen molar-refractivity contribution in [1.29, 1.82) is 0 Å². The molecule has 34 heavy (non-hydrogen) atoms. The van der Waals surface area contributed by atoms with Gasteiger partial charge in [0.1, 0.15) is 0 Å². The molecule has 0 fully saturated rings. The normalized spacial score (nSPS) is 12.5. The van der Waals surface area contributed by atoms with Gasteiger partial charge in [0, 0.05) is 11.4 Å². The molecule has 0 aliphatic heterocycles.